The highest BCUT2D eigenvalue weighted by atomic mass is 16.3. The summed E-state index contributed by atoms with van der Waals surface area (Å²) in [6, 6.07) is 0. The summed E-state index contributed by atoms with van der Waals surface area (Å²) < 4.78 is 0. The average molecular weight is 198 g/mol. The highest BCUT2D eigenvalue weighted by Gasteiger charge is 2.40. The normalized spacial score (nSPS) is 33.4. The van der Waals surface area contributed by atoms with Crippen molar-refractivity contribution in [1.29, 1.82) is 0 Å². The number of hydrogen-bond acceptors (Lipinski definition) is 3. The van der Waals surface area contributed by atoms with E-state index in [4.69, 9.17) is 0 Å². The second kappa shape index (κ2) is 3.87. The van der Waals surface area contributed by atoms with E-state index in [0.717, 1.165) is 38.9 Å². The van der Waals surface area contributed by atoms with Crippen LogP contribution >= 0.6 is 0 Å². The van der Waals surface area contributed by atoms with E-state index >= 15 is 0 Å². The maximum absolute atomic E-state index is 12.0. The average Bonchev–Trinajstić information content (AvgIpc) is 2.70. The molecule has 2 N–H and O–H groups in total. The molecule has 2 aliphatic rings. The van der Waals surface area contributed by atoms with Gasteiger partial charge in [-0.1, -0.05) is 0 Å². The van der Waals surface area contributed by atoms with Crippen LogP contribution in [0.2, 0.25) is 0 Å². The Morgan fingerprint density at radius 3 is 2.57 bits per heavy atom. The molecule has 2 saturated heterocycles. The van der Waals surface area contributed by atoms with E-state index in [-0.39, 0.29) is 5.91 Å². The molecule has 1 atom stereocenters. The van der Waals surface area contributed by atoms with Gasteiger partial charge in [0.25, 0.3) is 5.91 Å². The van der Waals surface area contributed by atoms with Gasteiger partial charge < -0.3 is 15.3 Å². The lowest BCUT2D eigenvalue weighted by Gasteiger charge is -2.34. The number of nitrogens with zero attached hydrogens (tertiary/aromatic N) is 1. The molecule has 2 heterocycles. The smallest absolute Gasteiger partial charge is 0.255 e. The monoisotopic (exact) mass is 198 g/mol. The summed E-state index contributed by atoms with van der Waals surface area (Å²) in [7, 11) is 0. The molecule has 2 fully saturated rings. The second-order valence-corrected chi connectivity index (χ2v) is 4.31. The van der Waals surface area contributed by atoms with Crippen molar-refractivity contribution >= 4 is 5.91 Å². The molecule has 0 aromatic rings. The predicted molar refractivity (Wildman–Crippen MR) is 52.9 cm³/mol. The second-order valence-electron chi connectivity index (χ2n) is 4.31. The van der Waals surface area contributed by atoms with Crippen molar-refractivity contribution < 1.29 is 9.90 Å². The van der Waals surface area contributed by atoms with Crippen LogP contribution in [0.4, 0.5) is 0 Å². The first-order valence-electron chi connectivity index (χ1n) is 5.45. The number of amides is 1. The lowest BCUT2D eigenvalue weighted by Crippen LogP contribution is -2.56. The highest BCUT2D eigenvalue weighted by molar-refractivity contribution is 5.85. The van der Waals surface area contributed by atoms with Crippen molar-refractivity contribution in [2.24, 2.45) is 0 Å². The summed E-state index contributed by atoms with van der Waals surface area (Å²) in [6.07, 6.45) is 3.65. The number of carbonyl (C=O) groups is 1. The van der Waals surface area contributed by atoms with Gasteiger partial charge in [0, 0.05) is 19.6 Å². The van der Waals surface area contributed by atoms with Crippen molar-refractivity contribution in [2.75, 3.05) is 26.2 Å². The topological polar surface area (TPSA) is 52.6 Å². The summed E-state index contributed by atoms with van der Waals surface area (Å²) in [4.78, 5) is 13.8. The fourth-order valence-electron chi connectivity index (χ4n) is 2.29. The molecule has 4 heteroatoms. The molecular weight excluding hydrogens is 180 g/mol. The summed E-state index contributed by atoms with van der Waals surface area (Å²) >= 11 is 0. The van der Waals surface area contributed by atoms with E-state index in [0.29, 0.717) is 13.0 Å². The third-order valence-electron chi connectivity index (χ3n) is 3.15. The predicted octanol–water partition coefficient (Wildman–Crippen LogP) is -0.277. The Morgan fingerprint density at radius 1 is 1.29 bits per heavy atom. The zero-order valence-electron chi connectivity index (χ0n) is 8.46. The van der Waals surface area contributed by atoms with Gasteiger partial charge in [0.05, 0.1) is 0 Å². The SMILES string of the molecule is O=C(N1CCCC1)[C@@]1(O)CCCNC1. The van der Waals surface area contributed by atoms with Gasteiger partial charge >= 0.3 is 0 Å². The molecule has 0 aromatic carbocycles. The lowest BCUT2D eigenvalue weighted by molar-refractivity contribution is -0.151. The first-order valence-corrected chi connectivity index (χ1v) is 5.45. The standard InChI is InChI=1S/C10H18N2O2/c13-9(12-6-1-2-7-12)10(14)4-3-5-11-8-10/h11,14H,1-8H2/t10-/m1/s1. The number of carbonyl (C=O) groups excluding carboxylic acids is 1. The third kappa shape index (κ3) is 1.77. The van der Waals surface area contributed by atoms with Crippen LogP contribution in [-0.4, -0.2) is 47.7 Å². The maximum atomic E-state index is 12.0. The number of likely N-dealkylation sites (tertiary alicyclic amines) is 1. The van der Waals surface area contributed by atoms with E-state index in [1.165, 1.54) is 0 Å². The van der Waals surface area contributed by atoms with Gasteiger partial charge in [-0.2, -0.15) is 0 Å². The van der Waals surface area contributed by atoms with Gasteiger partial charge in [0.1, 0.15) is 0 Å². The van der Waals surface area contributed by atoms with Gasteiger partial charge in [-0.05, 0) is 32.2 Å². The maximum Gasteiger partial charge on any atom is 0.255 e. The minimum atomic E-state index is -1.12. The molecule has 0 unspecified atom stereocenters. The van der Waals surface area contributed by atoms with Crippen LogP contribution in [0.5, 0.6) is 0 Å². The fourth-order valence-corrected chi connectivity index (χ4v) is 2.29. The van der Waals surface area contributed by atoms with E-state index in [1.807, 2.05) is 0 Å². The number of piperidine rings is 1. The molecule has 4 nitrogen and oxygen atoms in total. The van der Waals surface area contributed by atoms with E-state index < -0.39 is 5.60 Å². The Bertz CT molecular complexity index is 218. The minimum absolute atomic E-state index is 0.0674. The number of rotatable bonds is 1. The van der Waals surface area contributed by atoms with Crippen molar-refractivity contribution in [3.63, 3.8) is 0 Å². The Morgan fingerprint density at radius 2 is 2.00 bits per heavy atom. The lowest BCUT2D eigenvalue weighted by atomic mass is 9.93. The van der Waals surface area contributed by atoms with E-state index in [1.54, 1.807) is 4.90 Å². The van der Waals surface area contributed by atoms with Crippen molar-refractivity contribution in [3.05, 3.63) is 0 Å². The van der Waals surface area contributed by atoms with Crippen LogP contribution in [0, 0.1) is 0 Å². The Hall–Kier alpha value is -0.610. The van der Waals surface area contributed by atoms with Crippen LogP contribution in [0.25, 0.3) is 0 Å². The van der Waals surface area contributed by atoms with Gasteiger partial charge in [-0.25, -0.2) is 0 Å². The largest absolute Gasteiger partial charge is 0.379 e. The summed E-state index contributed by atoms with van der Waals surface area (Å²) in [5, 5.41) is 13.2. The van der Waals surface area contributed by atoms with Gasteiger partial charge in [-0.15, -0.1) is 0 Å². The van der Waals surface area contributed by atoms with E-state index in [9.17, 15) is 9.90 Å². The van der Waals surface area contributed by atoms with Gasteiger partial charge in [0.15, 0.2) is 5.60 Å². The molecule has 0 bridgehead atoms. The fraction of sp³-hybridized carbons (Fsp3) is 0.900. The number of aliphatic hydroxyl groups is 1. The van der Waals surface area contributed by atoms with Crippen molar-refractivity contribution in [2.45, 2.75) is 31.3 Å². The number of hydrogen-bond donors (Lipinski definition) is 2. The number of β-amino-alcohol motifs (C(OH)–C–C–N with tert-alkyl or cyclic N) is 1. The number of nitrogens with one attached hydrogen (secondary N) is 1. The van der Waals surface area contributed by atoms with E-state index in [2.05, 4.69) is 5.32 Å². The van der Waals surface area contributed by atoms with Crippen LogP contribution in [0.15, 0.2) is 0 Å². The molecule has 0 radical (unpaired) electrons. The molecule has 2 aliphatic heterocycles. The third-order valence-corrected chi connectivity index (χ3v) is 3.15. The molecular formula is C10H18N2O2. The molecule has 0 saturated carbocycles. The summed E-state index contributed by atoms with van der Waals surface area (Å²) in [6.45, 7) is 2.97. The molecule has 0 aromatic heterocycles. The zero-order valence-corrected chi connectivity index (χ0v) is 8.46. The molecule has 80 valence electrons. The minimum Gasteiger partial charge on any atom is -0.379 e. The Balaban J connectivity index is 2.00. The molecule has 2 rings (SSSR count). The molecule has 0 aliphatic carbocycles. The van der Waals surface area contributed by atoms with Crippen LogP contribution < -0.4 is 5.32 Å². The molecule has 1 amide bonds. The Labute approximate surface area is 84.3 Å². The van der Waals surface area contributed by atoms with Crippen LogP contribution in [0.3, 0.4) is 0 Å². The van der Waals surface area contributed by atoms with Crippen LogP contribution in [-0.2, 0) is 4.79 Å². The van der Waals surface area contributed by atoms with Crippen LogP contribution in [0.1, 0.15) is 25.7 Å². The van der Waals surface area contributed by atoms with Crippen molar-refractivity contribution in [3.8, 4) is 0 Å². The quantitative estimate of drug-likeness (QED) is 0.609. The molecule has 0 spiro atoms. The summed E-state index contributed by atoms with van der Waals surface area (Å²) in [5.74, 6) is -0.0674. The zero-order chi connectivity index (χ0) is 10.0. The summed E-state index contributed by atoms with van der Waals surface area (Å²) in [5.41, 5.74) is -1.12. The first kappa shape index (κ1) is 9.93. The van der Waals surface area contributed by atoms with Gasteiger partial charge in [-0.3, -0.25) is 4.79 Å². The Kier molecular flexibility index (Phi) is 2.74. The highest BCUT2D eigenvalue weighted by Crippen LogP contribution is 2.21. The van der Waals surface area contributed by atoms with Gasteiger partial charge in [0.2, 0.25) is 0 Å². The van der Waals surface area contributed by atoms with Crippen molar-refractivity contribution in [1.82, 2.24) is 10.2 Å². The molecule has 14 heavy (non-hydrogen) atoms. The first-order chi connectivity index (χ1) is 6.72.